The minimum absolute atomic E-state index is 0.141. The first-order chi connectivity index (χ1) is 19.1. The first kappa shape index (κ1) is 27.7. The Morgan fingerprint density at radius 2 is 2.00 bits per heavy atom. The molecule has 12 heteroatoms. The molecule has 4 aromatic rings. The number of benzene rings is 1. The van der Waals surface area contributed by atoms with E-state index in [0.29, 0.717) is 40.5 Å². The standard InChI is InChI=1S/C28H30F3N7OS/c1-16(33)13-38-19(12-32)8-21-17(2)23(25(39-3)10-24(21)38)14-37-6-4-18(5-7-37)36-26-22-9-20(11-28(29,30)31)40-27(22)35-15-34-26/h8-10,15,18H,1,4-7,11,13-14,33H2,2-3H3,(H,34,35,36). The van der Waals surface area contributed by atoms with E-state index in [1.165, 1.54) is 6.33 Å². The van der Waals surface area contributed by atoms with Gasteiger partial charge in [-0.25, -0.2) is 9.97 Å². The molecule has 0 amide bonds. The number of nitriles is 1. The molecule has 40 heavy (non-hydrogen) atoms. The molecule has 0 saturated carbocycles. The molecule has 3 aromatic heterocycles. The van der Waals surface area contributed by atoms with Crippen LogP contribution in [-0.2, 0) is 19.5 Å². The zero-order valence-corrected chi connectivity index (χ0v) is 23.1. The summed E-state index contributed by atoms with van der Waals surface area (Å²) in [7, 11) is 1.65. The maximum Gasteiger partial charge on any atom is 0.393 e. The highest BCUT2D eigenvalue weighted by molar-refractivity contribution is 7.18. The number of thiophene rings is 1. The first-order valence-electron chi connectivity index (χ1n) is 12.9. The maximum atomic E-state index is 12.9. The number of aryl methyl sites for hydroxylation is 1. The predicted octanol–water partition coefficient (Wildman–Crippen LogP) is 5.49. The molecule has 1 fully saturated rings. The van der Waals surface area contributed by atoms with Crippen LogP contribution in [0.4, 0.5) is 19.0 Å². The van der Waals surface area contributed by atoms with Crippen LogP contribution in [0.15, 0.2) is 36.8 Å². The number of aromatic nitrogens is 3. The van der Waals surface area contributed by atoms with Gasteiger partial charge in [-0.2, -0.15) is 18.4 Å². The number of likely N-dealkylation sites (tertiary alicyclic amines) is 1. The normalized spacial score (nSPS) is 15.0. The summed E-state index contributed by atoms with van der Waals surface area (Å²) in [4.78, 5) is 11.6. The lowest BCUT2D eigenvalue weighted by atomic mass is 10.00. The molecule has 4 heterocycles. The molecule has 210 valence electrons. The van der Waals surface area contributed by atoms with Crippen molar-refractivity contribution >= 4 is 38.3 Å². The summed E-state index contributed by atoms with van der Waals surface area (Å²) in [5, 5.41) is 14.7. The van der Waals surface area contributed by atoms with Gasteiger partial charge in [0.05, 0.1) is 31.0 Å². The summed E-state index contributed by atoms with van der Waals surface area (Å²) in [5.74, 6) is 1.33. The Hall–Kier alpha value is -3.82. The second kappa shape index (κ2) is 11.0. The lowest BCUT2D eigenvalue weighted by molar-refractivity contribution is -0.126. The lowest BCUT2D eigenvalue weighted by Crippen LogP contribution is -2.39. The van der Waals surface area contributed by atoms with Crippen LogP contribution in [0.25, 0.3) is 21.1 Å². The summed E-state index contributed by atoms with van der Waals surface area (Å²) in [6, 6.07) is 7.79. The average molecular weight is 570 g/mol. The third kappa shape index (κ3) is 5.71. The number of methoxy groups -OCH3 is 1. The highest BCUT2D eigenvalue weighted by Crippen LogP contribution is 2.36. The van der Waals surface area contributed by atoms with Crippen molar-refractivity contribution in [2.24, 2.45) is 5.73 Å². The number of nitrogens with zero attached hydrogens (tertiary/aromatic N) is 5. The molecule has 1 saturated heterocycles. The molecule has 0 unspecified atom stereocenters. The number of hydrogen-bond acceptors (Lipinski definition) is 8. The SMILES string of the molecule is C=C(N)Cn1c(C#N)cc2c(C)c(CN3CCC(Nc4ncnc5sc(CC(F)(F)F)cc45)CC3)c(OC)cc21. The minimum atomic E-state index is -4.26. The van der Waals surface area contributed by atoms with E-state index in [0.717, 1.165) is 65.0 Å². The lowest BCUT2D eigenvalue weighted by Gasteiger charge is -2.33. The van der Waals surface area contributed by atoms with Crippen LogP contribution < -0.4 is 15.8 Å². The fourth-order valence-electron chi connectivity index (χ4n) is 5.38. The molecule has 8 nitrogen and oxygen atoms in total. The van der Waals surface area contributed by atoms with Gasteiger partial charge in [-0.3, -0.25) is 4.90 Å². The third-order valence-electron chi connectivity index (χ3n) is 7.32. The van der Waals surface area contributed by atoms with E-state index in [2.05, 4.69) is 32.8 Å². The Morgan fingerprint density at radius 3 is 2.65 bits per heavy atom. The van der Waals surface area contributed by atoms with Crippen molar-refractivity contribution in [1.29, 1.82) is 5.26 Å². The predicted molar refractivity (Wildman–Crippen MR) is 150 cm³/mol. The summed E-state index contributed by atoms with van der Waals surface area (Å²) < 4.78 is 46.3. The van der Waals surface area contributed by atoms with Gasteiger partial charge in [-0.05, 0) is 37.5 Å². The number of rotatable bonds is 8. The Morgan fingerprint density at radius 1 is 1.25 bits per heavy atom. The van der Waals surface area contributed by atoms with Crippen LogP contribution in [0.1, 0.15) is 34.5 Å². The van der Waals surface area contributed by atoms with E-state index in [1.807, 2.05) is 23.6 Å². The van der Waals surface area contributed by atoms with Crippen molar-refractivity contribution in [3.63, 3.8) is 0 Å². The van der Waals surface area contributed by atoms with E-state index < -0.39 is 12.6 Å². The van der Waals surface area contributed by atoms with Gasteiger partial charge in [0.1, 0.15) is 34.5 Å². The molecular formula is C28H30F3N7OS. The minimum Gasteiger partial charge on any atom is -0.496 e. The Balaban J connectivity index is 1.30. The van der Waals surface area contributed by atoms with Crippen molar-refractivity contribution < 1.29 is 17.9 Å². The topological polar surface area (TPSA) is 105 Å². The summed E-state index contributed by atoms with van der Waals surface area (Å²) in [6.07, 6.45) is -2.13. The van der Waals surface area contributed by atoms with E-state index in [9.17, 15) is 18.4 Å². The fourth-order valence-corrected chi connectivity index (χ4v) is 6.41. The van der Waals surface area contributed by atoms with Crippen molar-refractivity contribution in [2.45, 2.75) is 51.5 Å². The molecule has 0 spiro atoms. The Bertz CT molecular complexity index is 1610. The van der Waals surface area contributed by atoms with Crippen LogP contribution in [0.2, 0.25) is 0 Å². The van der Waals surface area contributed by atoms with Crippen LogP contribution in [-0.4, -0.2) is 51.9 Å². The third-order valence-corrected chi connectivity index (χ3v) is 8.36. The average Bonchev–Trinajstić information content (AvgIpc) is 3.46. The van der Waals surface area contributed by atoms with Crippen molar-refractivity contribution in [3.8, 4) is 11.8 Å². The Kier molecular flexibility index (Phi) is 7.61. The zero-order valence-electron chi connectivity index (χ0n) is 22.3. The number of halogens is 3. The number of fused-ring (bicyclic) bond motifs is 2. The quantitative estimate of drug-likeness (QED) is 0.289. The molecule has 1 aliphatic heterocycles. The van der Waals surface area contributed by atoms with Crippen LogP contribution in [0.3, 0.4) is 0 Å². The van der Waals surface area contributed by atoms with Crippen LogP contribution in [0.5, 0.6) is 5.75 Å². The zero-order chi connectivity index (χ0) is 28.6. The monoisotopic (exact) mass is 569 g/mol. The van der Waals surface area contributed by atoms with Gasteiger partial charge in [0.2, 0.25) is 0 Å². The van der Waals surface area contributed by atoms with Gasteiger partial charge in [0.15, 0.2) is 0 Å². The maximum absolute atomic E-state index is 12.9. The van der Waals surface area contributed by atoms with E-state index in [-0.39, 0.29) is 10.9 Å². The summed E-state index contributed by atoms with van der Waals surface area (Å²) in [6.45, 7) is 8.53. The molecule has 5 rings (SSSR count). The summed E-state index contributed by atoms with van der Waals surface area (Å²) >= 11 is 1.05. The number of ether oxygens (including phenoxy) is 1. The number of piperidine rings is 1. The number of alkyl halides is 3. The van der Waals surface area contributed by atoms with Gasteiger partial charge >= 0.3 is 6.18 Å². The van der Waals surface area contributed by atoms with Gasteiger partial charge in [0.25, 0.3) is 0 Å². The largest absolute Gasteiger partial charge is 0.496 e. The highest BCUT2D eigenvalue weighted by Gasteiger charge is 2.29. The Labute approximate surface area is 233 Å². The van der Waals surface area contributed by atoms with Gasteiger partial charge in [-0.15, -0.1) is 11.3 Å². The van der Waals surface area contributed by atoms with Crippen molar-refractivity contribution in [3.05, 3.63) is 58.5 Å². The molecule has 0 aliphatic carbocycles. The molecule has 0 radical (unpaired) electrons. The van der Waals surface area contributed by atoms with Crippen molar-refractivity contribution in [1.82, 2.24) is 19.4 Å². The molecule has 3 N–H and O–H groups in total. The number of allylic oxidation sites excluding steroid dienone is 1. The smallest absolute Gasteiger partial charge is 0.393 e. The van der Waals surface area contributed by atoms with Gasteiger partial charge in [-0.1, -0.05) is 6.58 Å². The second-order valence-corrected chi connectivity index (χ2v) is 11.3. The fraction of sp³-hybridized carbons (Fsp3) is 0.393. The number of nitrogens with two attached hydrogens (primary N) is 1. The number of nitrogens with one attached hydrogen (secondary N) is 1. The number of anilines is 1. The second-order valence-electron chi connectivity index (χ2n) is 10.1. The van der Waals surface area contributed by atoms with E-state index in [1.54, 1.807) is 13.2 Å². The molecule has 1 aromatic carbocycles. The molecule has 1 aliphatic rings. The molecule has 0 atom stereocenters. The number of hydrogen-bond donors (Lipinski definition) is 2. The van der Waals surface area contributed by atoms with Crippen LogP contribution >= 0.6 is 11.3 Å². The van der Waals surface area contributed by atoms with E-state index in [4.69, 9.17) is 10.5 Å². The highest BCUT2D eigenvalue weighted by atomic mass is 32.1. The molecular weight excluding hydrogens is 539 g/mol. The van der Waals surface area contributed by atoms with Gasteiger partial charge < -0.3 is 20.4 Å². The van der Waals surface area contributed by atoms with Crippen molar-refractivity contribution in [2.75, 3.05) is 25.5 Å². The van der Waals surface area contributed by atoms with E-state index >= 15 is 0 Å². The van der Waals surface area contributed by atoms with Crippen LogP contribution in [0, 0.1) is 18.3 Å². The summed E-state index contributed by atoms with van der Waals surface area (Å²) in [5.41, 5.74) is 9.85. The van der Waals surface area contributed by atoms with Gasteiger partial charge in [0, 0.05) is 53.3 Å². The molecule has 0 bridgehead atoms. The first-order valence-corrected chi connectivity index (χ1v) is 13.7.